The number of phenolic OH excluding ortho intramolecular Hbond substituents is 1. The summed E-state index contributed by atoms with van der Waals surface area (Å²) in [6.45, 7) is 1.49. The van der Waals surface area contributed by atoms with E-state index in [1.54, 1.807) is 0 Å². The van der Waals surface area contributed by atoms with Crippen molar-refractivity contribution in [3.8, 4) is 5.75 Å². The summed E-state index contributed by atoms with van der Waals surface area (Å²) in [6.07, 6.45) is 0.0363. The molecule has 1 aromatic carbocycles. The molecule has 1 N–H and O–H groups in total. The Morgan fingerprint density at radius 3 is 2.15 bits per heavy atom. The van der Waals surface area contributed by atoms with Gasteiger partial charge in [-0.3, -0.25) is 0 Å². The van der Waals surface area contributed by atoms with E-state index in [1.165, 1.54) is 6.92 Å². The second-order valence-corrected chi connectivity index (χ2v) is 2.81. The number of aromatic hydroxyl groups is 1. The van der Waals surface area contributed by atoms with Gasteiger partial charge >= 0.3 is 0 Å². The third kappa shape index (κ3) is 1.46. The van der Waals surface area contributed by atoms with Crippen LogP contribution in [0.5, 0.6) is 5.75 Å². The molecular formula is C8H6ClF3O. The topological polar surface area (TPSA) is 20.2 Å². The molecule has 5 heteroatoms. The third-order valence-corrected chi connectivity index (χ3v) is 2.02. The van der Waals surface area contributed by atoms with Crippen LogP contribution in [-0.4, -0.2) is 5.11 Å². The predicted molar refractivity (Wildman–Crippen MR) is 42.4 cm³/mol. The zero-order valence-corrected chi connectivity index (χ0v) is 7.42. The van der Waals surface area contributed by atoms with Crippen molar-refractivity contribution in [3.05, 3.63) is 28.0 Å². The first-order valence-corrected chi connectivity index (χ1v) is 3.92. The van der Waals surface area contributed by atoms with Gasteiger partial charge in [0.2, 0.25) is 5.82 Å². The number of halogens is 4. The molecule has 0 saturated carbocycles. The van der Waals surface area contributed by atoms with E-state index in [0.717, 1.165) is 0 Å². The van der Waals surface area contributed by atoms with Crippen molar-refractivity contribution in [1.29, 1.82) is 0 Å². The minimum absolute atomic E-state index is 0.0363. The first-order chi connectivity index (χ1) is 6.00. The van der Waals surface area contributed by atoms with Gasteiger partial charge in [0.1, 0.15) is 5.02 Å². The van der Waals surface area contributed by atoms with Crippen molar-refractivity contribution in [2.24, 2.45) is 0 Å². The van der Waals surface area contributed by atoms with Gasteiger partial charge in [0.05, 0.1) is 0 Å². The molecule has 1 rings (SSSR count). The van der Waals surface area contributed by atoms with Crippen molar-refractivity contribution in [3.63, 3.8) is 0 Å². The molecular weight excluding hydrogens is 205 g/mol. The highest BCUT2D eigenvalue weighted by Gasteiger charge is 2.22. The van der Waals surface area contributed by atoms with Crippen molar-refractivity contribution >= 4 is 11.6 Å². The molecule has 0 aliphatic carbocycles. The Morgan fingerprint density at radius 1 is 1.15 bits per heavy atom. The quantitative estimate of drug-likeness (QED) is 0.558. The van der Waals surface area contributed by atoms with E-state index in [-0.39, 0.29) is 12.0 Å². The molecule has 0 atom stereocenters. The Labute approximate surface area is 77.8 Å². The highest BCUT2D eigenvalue weighted by atomic mass is 35.5. The third-order valence-electron chi connectivity index (χ3n) is 1.69. The maximum atomic E-state index is 13.0. The molecule has 0 spiro atoms. The maximum Gasteiger partial charge on any atom is 0.202 e. The van der Waals surface area contributed by atoms with Crippen LogP contribution in [0, 0.1) is 17.5 Å². The fraction of sp³-hybridized carbons (Fsp3) is 0.250. The van der Waals surface area contributed by atoms with Crippen LogP contribution in [0.2, 0.25) is 5.02 Å². The number of benzene rings is 1. The molecule has 0 aromatic heterocycles. The molecule has 13 heavy (non-hydrogen) atoms. The van der Waals surface area contributed by atoms with Gasteiger partial charge in [-0.15, -0.1) is 0 Å². The van der Waals surface area contributed by atoms with Gasteiger partial charge < -0.3 is 5.11 Å². The highest BCUT2D eigenvalue weighted by molar-refractivity contribution is 6.31. The van der Waals surface area contributed by atoms with E-state index in [9.17, 15) is 13.2 Å². The number of rotatable bonds is 1. The molecule has 72 valence electrons. The smallest absolute Gasteiger partial charge is 0.202 e. The zero-order chi connectivity index (χ0) is 10.2. The Balaban J connectivity index is 3.56. The maximum absolute atomic E-state index is 13.0. The summed E-state index contributed by atoms with van der Waals surface area (Å²) in [6, 6.07) is 0. The molecule has 1 nitrogen and oxygen atoms in total. The fourth-order valence-electron chi connectivity index (χ4n) is 0.988. The molecule has 0 bridgehead atoms. The summed E-state index contributed by atoms with van der Waals surface area (Å²) >= 11 is 5.14. The first kappa shape index (κ1) is 10.2. The summed E-state index contributed by atoms with van der Waals surface area (Å²) < 4.78 is 38.4. The molecule has 0 unspecified atom stereocenters. The Hall–Kier alpha value is -0.900. The Kier molecular flexibility index (Phi) is 2.71. The second kappa shape index (κ2) is 3.46. The van der Waals surface area contributed by atoms with Crippen molar-refractivity contribution in [1.82, 2.24) is 0 Å². The van der Waals surface area contributed by atoms with Crippen LogP contribution in [-0.2, 0) is 6.42 Å². The van der Waals surface area contributed by atoms with E-state index in [4.69, 9.17) is 16.7 Å². The van der Waals surface area contributed by atoms with Crippen LogP contribution in [0.25, 0.3) is 0 Å². The van der Waals surface area contributed by atoms with Gasteiger partial charge in [-0.25, -0.2) is 8.78 Å². The lowest BCUT2D eigenvalue weighted by Crippen LogP contribution is -1.98. The van der Waals surface area contributed by atoms with Gasteiger partial charge in [0.15, 0.2) is 17.4 Å². The van der Waals surface area contributed by atoms with Crippen LogP contribution in [0.3, 0.4) is 0 Å². The minimum atomic E-state index is -1.56. The van der Waals surface area contributed by atoms with Crippen LogP contribution >= 0.6 is 11.6 Å². The normalized spacial score (nSPS) is 10.5. The van der Waals surface area contributed by atoms with E-state index >= 15 is 0 Å². The summed E-state index contributed by atoms with van der Waals surface area (Å²) in [5.74, 6) is -5.19. The van der Waals surface area contributed by atoms with Crippen LogP contribution < -0.4 is 0 Å². The summed E-state index contributed by atoms with van der Waals surface area (Å²) in [7, 11) is 0. The van der Waals surface area contributed by atoms with Crippen LogP contribution in [0.15, 0.2) is 0 Å². The van der Waals surface area contributed by atoms with Crippen molar-refractivity contribution in [2.45, 2.75) is 13.3 Å². The molecule has 0 fully saturated rings. The minimum Gasteiger partial charge on any atom is -0.504 e. The predicted octanol–water partition coefficient (Wildman–Crippen LogP) is 3.03. The SMILES string of the molecule is CCc1c(O)c(F)c(F)c(Cl)c1F. The lowest BCUT2D eigenvalue weighted by molar-refractivity contribution is 0.392. The molecule has 0 heterocycles. The van der Waals surface area contributed by atoms with Crippen LogP contribution in [0.4, 0.5) is 13.2 Å². The monoisotopic (exact) mass is 210 g/mol. The molecule has 0 aliphatic heterocycles. The number of hydrogen-bond donors (Lipinski definition) is 1. The molecule has 1 aromatic rings. The van der Waals surface area contributed by atoms with Crippen LogP contribution in [0.1, 0.15) is 12.5 Å². The first-order valence-electron chi connectivity index (χ1n) is 3.54. The highest BCUT2D eigenvalue weighted by Crippen LogP contribution is 2.33. The van der Waals surface area contributed by atoms with E-state index < -0.39 is 28.2 Å². The molecule has 0 amide bonds. The number of hydrogen-bond acceptors (Lipinski definition) is 1. The summed E-state index contributed by atoms with van der Waals surface area (Å²) in [5.41, 5.74) is -0.316. The average molecular weight is 211 g/mol. The largest absolute Gasteiger partial charge is 0.504 e. The molecule has 0 saturated heterocycles. The van der Waals surface area contributed by atoms with Gasteiger partial charge in [-0.05, 0) is 6.42 Å². The van der Waals surface area contributed by atoms with Gasteiger partial charge in [-0.2, -0.15) is 4.39 Å². The van der Waals surface area contributed by atoms with E-state index in [0.29, 0.717) is 0 Å². The lowest BCUT2D eigenvalue weighted by Gasteiger charge is -2.07. The van der Waals surface area contributed by atoms with Gasteiger partial charge in [-0.1, -0.05) is 18.5 Å². The Morgan fingerprint density at radius 2 is 1.69 bits per heavy atom. The lowest BCUT2D eigenvalue weighted by atomic mass is 10.1. The average Bonchev–Trinajstić information content (AvgIpc) is 2.13. The van der Waals surface area contributed by atoms with Crippen molar-refractivity contribution in [2.75, 3.05) is 0 Å². The summed E-state index contributed by atoms with van der Waals surface area (Å²) in [4.78, 5) is 0. The van der Waals surface area contributed by atoms with E-state index in [2.05, 4.69) is 0 Å². The fourth-order valence-corrected chi connectivity index (χ4v) is 1.19. The number of phenols is 1. The molecule has 0 aliphatic rings. The van der Waals surface area contributed by atoms with Gasteiger partial charge in [0, 0.05) is 5.56 Å². The zero-order valence-electron chi connectivity index (χ0n) is 6.67. The van der Waals surface area contributed by atoms with Crippen molar-refractivity contribution < 1.29 is 18.3 Å². The van der Waals surface area contributed by atoms with Gasteiger partial charge in [0.25, 0.3) is 0 Å². The summed E-state index contributed by atoms with van der Waals surface area (Å²) in [5, 5.41) is 8.05. The second-order valence-electron chi connectivity index (χ2n) is 2.44. The molecule has 0 radical (unpaired) electrons. The standard InChI is InChI=1S/C8H6ClF3O/c1-2-3-5(10)4(9)6(11)7(12)8(3)13/h13H,2H2,1H3. The Bertz CT molecular complexity index is 323. The van der Waals surface area contributed by atoms with E-state index in [1.807, 2.05) is 0 Å².